The van der Waals surface area contributed by atoms with E-state index in [-0.39, 0.29) is 23.6 Å². The van der Waals surface area contributed by atoms with Crippen molar-refractivity contribution < 1.29 is 24.5 Å². The van der Waals surface area contributed by atoms with Gasteiger partial charge in [0.1, 0.15) is 17.3 Å². The van der Waals surface area contributed by atoms with E-state index in [4.69, 9.17) is 4.74 Å². The molecule has 3 aromatic rings. The van der Waals surface area contributed by atoms with E-state index in [0.717, 1.165) is 5.56 Å². The molecule has 0 saturated carbocycles. The molecule has 0 spiro atoms. The zero-order valence-corrected chi connectivity index (χ0v) is 17.4. The Labute approximate surface area is 185 Å². The molecule has 1 aliphatic rings. The summed E-state index contributed by atoms with van der Waals surface area (Å²) < 4.78 is 5.50. The number of nitrogens with zero attached hydrogens (tertiary/aromatic N) is 2. The quantitative estimate of drug-likeness (QED) is 0.350. The number of hydrogen-bond acceptors (Lipinski definition) is 6. The fraction of sp³-hybridized carbons (Fsp3) is 0.160. The van der Waals surface area contributed by atoms with Crippen molar-refractivity contribution in [1.82, 2.24) is 9.88 Å². The van der Waals surface area contributed by atoms with Gasteiger partial charge >= 0.3 is 0 Å². The lowest BCUT2D eigenvalue weighted by Crippen LogP contribution is -2.29. The summed E-state index contributed by atoms with van der Waals surface area (Å²) in [5.41, 5.74) is 1.76. The fourth-order valence-corrected chi connectivity index (χ4v) is 3.79. The zero-order valence-electron chi connectivity index (χ0n) is 17.4. The minimum absolute atomic E-state index is 0.0107. The van der Waals surface area contributed by atoms with E-state index in [1.807, 2.05) is 6.92 Å². The normalized spacial score (nSPS) is 17.5. The number of aliphatic hydroxyl groups is 1. The van der Waals surface area contributed by atoms with E-state index in [9.17, 15) is 19.8 Å². The van der Waals surface area contributed by atoms with E-state index < -0.39 is 17.7 Å². The van der Waals surface area contributed by atoms with E-state index in [2.05, 4.69) is 4.98 Å². The summed E-state index contributed by atoms with van der Waals surface area (Å²) in [5, 5.41) is 20.8. The van der Waals surface area contributed by atoms with Crippen LogP contribution in [0.4, 0.5) is 0 Å². The number of ether oxygens (including phenoxy) is 1. The first-order valence-corrected chi connectivity index (χ1v) is 10.2. The van der Waals surface area contributed by atoms with Gasteiger partial charge in [-0.2, -0.15) is 0 Å². The number of phenols is 1. The summed E-state index contributed by atoms with van der Waals surface area (Å²) in [6.07, 6.45) is 3.22. The molecule has 2 heterocycles. The van der Waals surface area contributed by atoms with Crippen LogP contribution in [0.1, 0.15) is 29.7 Å². The average molecular weight is 430 g/mol. The van der Waals surface area contributed by atoms with Gasteiger partial charge in [-0.3, -0.25) is 14.6 Å². The van der Waals surface area contributed by atoms with Crippen molar-refractivity contribution in [2.24, 2.45) is 0 Å². The number of benzene rings is 2. The minimum Gasteiger partial charge on any atom is -0.508 e. The Morgan fingerprint density at radius 1 is 1.06 bits per heavy atom. The molecule has 1 atom stereocenters. The molecular formula is C25H22N2O5. The lowest BCUT2D eigenvalue weighted by Gasteiger charge is -2.25. The van der Waals surface area contributed by atoms with Crippen molar-refractivity contribution in [1.29, 1.82) is 0 Å². The average Bonchev–Trinajstić information content (AvgIpc) is 3.05. The molecule has 1 aliphatic heterocycles. The fourth-order valence-electron chi connectivity index (χ4n) is 3.79. The van der Waals surface area contributed by atoms with Crippen LogP contribution < -0.4 is 4.74 Å². The van der Waals surface area contributed by atoms with Gasteiger partial charge in [-0.05, 0) is 54.4 Å². The summed E-state index contributed by atoms with van der Waals surface area (Å²) in [7, 11) is 0. The molecule has 1 unspecified atom stereocenters. The zero-order chi connectivity index (χ0) is 22.7. The van der Waals surface area contributed by atoms with Crippen molar-refractivity contribution >= 4 is 17.4 Å². The molecule has 7 nitrogen and oxygen atoms in total. The van der Waals surface area contributed by atoms with Crippen LogP contribution in [0.2, 0.25) is 0 Å². The molecule has 0 bridgehead atoms. The lowest BCUT2D eigenvalue weighted by atomic mass is 9.95. The third kappa shape index (κ3) is 4.05. The first-order chi connectivity index (χ1) is 15.5. The highest BCUT2D eigenvalue weighted by Gasteiger charge is 2.46. The number of pyridine rings is 1. The van der Waals surface area contributed by atoms with Gasteiger partial charge in [0.15, 0.2) is 0 Å². The number of ketones is 1. The van der Waals surface area contributed by atoms with Crippen LogP contribution in [-0.2, 0) is 16.1 Å². The molecule has 7 heteroatoms. The van der Waals surface area contributed by atoms with Crippen molar-refractivity contribution in [2.75, 3.05) is 6.61 Å². The number of carbonyl (C=O) groups excluding carboxylic acids is 2. The van der Waals surface area contributed by atoms with Crippen molar-refractivity contribution in [3.8, 4) is 11.5 Å². The highest BCUT2D eigenvalue weighted by molar-refractivity contribution is 6.46. The molecule has 4 rings (SSSR count). The Bertz CT molecular complexity index is 1170. The molecule has 32 heavy (non-hydrogen) atoms. The van der Waals surface area contributed by atoms with Gasteiger partial charge in [0.2, 0.25) is 0 Å². The van der Waals surface area contributed by atoms with E-state index in [1.165, 1.54) is 17.0 Å². The summed E-state index contributed by atoms with van der Waals surface area (Å²) in [6.45, 7) is 2.46. The van der Waals surface area contributed by atoms with Gasteiger partial charge in [0.25, 0.3) is 11.7 Å². The maximum Gasteiger partial charge on any atom is 0.295 e. The molecule has 2 N–H and O–H groups in total. The number of rotatable bonds is 6. The van der Waals surface area contributed by atoms with Crippen molar-refractivity contribution in [3.05, 3.63) is 95.3 Å². The van der Waals surface area contributed by atoms with Crippen LogP contribution in [0, 0.1) is 0 Å². The Balaban J connectivity index is 1.84. The van der Waals surface area contributed by atoms with Crippen LogP contribution in [0.5, 0.6) is 11.5 Å². The number of carbonyl (C=O) groups is 2. The molecule has 1 fully saturated rings. The highest BCUT2D eigenvalue weighted by Crippen LogP contribution is 2.40. The number of aromatic nitrogens is 1. The number of phenolic OH excluding ortho intramolecular Hbond substituents is 1. The van der Waals surface area contributed by atoms with Gasteiger partial charge in [0, 0.05) is 24.5 Å². The highest BCUT2D eigenvalue weighted by atomic mass is 16.5. The van der Waals surface area contributed by atoms with Crippen molar-refractivity contribution in [3.63, 3.8) is 0 Å². The Morgan fingerprint density at radius 3 is 2.47 bits per heavy atom. The maximum absolute atomic E-state index is 13.1. The summed E-state index contributed by atoms with van der Waals surface area (Å²) in [6, 6.07) is 15.7. The van der Waals surface area contributed by atoms with Crippen LogP contribution in [0.25, 0.3) is 5.76 Å². The topological polar surface area (TPSA) is 100.0 Å². The number of amides is 1. The Kier molecular flexibility index (Phi) is 5.89. The van der Waals surface area contributed by atoms with Crippen LogP contribution in [0.15, 0.2) is 78.6 Å². The molecule has 162 valence electrons. The van der Waals surface area contributed by atoms with Gasteiger partial charge in [0.05, 0.1) is 18.2 Å². The number of Topliss-reactive ketones (excluding diaryl/α,β-unsaturated/α-hetero) is 1. The Hall–Kier alpha value is -4.13. The third-order valence-corrected chi connectivity index (χ3v) is 5.27. The predicted octanol–water partition coefficient (Wildman–Crippen LogP) is 3.81. The van der Waals surface area contributed by atoms with Crippen molar-refractivity contribution in [2.45, 2.75) is 19.5 Å². The second kappa shape index (κ2) is 8.93. The SMILES string of the molecule is CCOc1cccc(C(O)=C2C(=O)C(=O)N(Cc3ccncc3)C2c2ccc(O)cc2)c1. The molecule has 0 aliphatic carbocycles. The van der Waals surface area contributed by atoms with Gasteiger partial charge in [-0.15, -0.1) is 0 Å². The van der Waals surface area contributed by atoms with Crippen LogP contribution in [-0.4, -0.2) is 38.4 Å². The van der Waals surface area contributed by atoms with Crippen LogP contribution >= 0.6 is 0 Å². The van der Waals surface area contributed by atoms with E-state index >= 15 is 0 Å². The number of hydrogen-bond donors (Lipinski definition) is 2. The summed E-state index contributed by atoms with van der Waals surface area (Å²) >= 11 is 0. The van der Waals surface area contributed by atoms with Gasteiger partial charge in [-0.1, -0.05) is 24.3 Å². The molecule has 1 aromatic heterocycles. The second-order valence-corrected chi connectivity index (χ2v) is 7.33. The summed E-state index contributed by atoms with van der Waals surface area (Å²) in [4.78, 5) is 31.5. The number of likely N-dealkylation sites (tertiary alicyclic amines) is 1. The van der Waals surface area contributed by atoms with Gasteiger partial charge < -0.3 is 19.8 Å². The molecule has 1 amide bonds. The maximum atomic E-state index is 13.1. The monoisotopic (exact) mass is 430 g/mol. The first-order valence-electron chi connectivity index (χ1n) is 10.2. The first kappa shape index (κ1) is 21.1. The van der Waals surface area contributed by atoms with Gasteiger partial charge in [-0.25, -0.2) is 0 Å². The molecule has 1 saturated heterocycles. The minimum atomic E-state index is -0.820. The van der Waals surface area contributed by atoms with E-state index in [1.54, 1.807) is 60.9 Å². The van der Waals surface area contributed by atoms with E-state index in [0.29, 0.717) is 23.5 Å². The lowest BCUT2D eigenvalue weighted by molar-refractivity contribution is -0.140. The number of aromatic hydroxyl groups is 1. The van der Waals surface area contributed by atoms with Crippen LogP contribution in [0.3, 0.4) is 0 Å². The molecular weight excluding hydrogens is 408 g/mol. The molecule has 2 aromatic carbocycles. The largest absolute Gasteiger partial charge is 0.508 e. The second-order valence-electron chi connectivity index (χ2n) is 7.33. The predicted molar refractivity (Wildman–Crippen MR) is 118 cm³/mol. The smallest absolute Gasteiger partial charge is 0.295 e. The Morgan fingerprint density at radius 2 is 1.78 bits per heavy atom. The number of aliphatic hydroxyl groups excluding tert-OH is 1. The molecule has 0 radical (unpaired) electrons. The standard InChI is InChI=1S/C25H22N2O5/c1-2-32-20-5-3-4-18(14-20)23(29)21-22(17-6-8-19(28)9-7-17)27(25(31)24(21)30)15-16-10-12-26-13-11-16/h3-14,22,28-29H,2,15H2,1H3. The third-order valence-electron chi connectivity index (χ3n) is 5.27. The summed E-state index contributed by atoms with van der Waals surface area (Å²) in [5.74, 6) is -1.15.